The van der Waals surface area contributed by atoms with Gasteiger partial charge in [-0.1, -0.05) is 58.3 Å². The van der Waals surface area contributed by atoms with E-state index >= 15 is 0 Å². The average molecular weight is 499 g/mol. The molecule has 0 aliphatic carbocycles. The molecule has 1 fully saturated rings. The monoisotopic (exact) mass is 498 g/mol. The molecule has 1 aliphatic heterocycles. The van der Waals surface area contributed by atoms with Crippen molar-refractivity contribution in [1.29, 1.82) is 0 Å². The Balaban J connectivity index is 2.38. The number of carboxylic acid groups (broad SMARTS) is 1. The minimum atomic E-state index is -1.16. The molecular formula is C25H46N4O6. The van der Waals surface area contributed by atoms with Crippen molar-refractivity contribution in [3.8, 4) is 0 Å². The number of nitrogens with two attached hydrogens (primary N) is 1. The molecule has 1 heterocycles. The number of nitrogens with zero attached hydrogens (tertiary/aromatic N) is 1. The highest BCUT2D eigenvalue weighted by atomic mass is 16.4. The number of nitrogens with one attached hydrogen (secondary N) is 2. The molecule has 10 nitrogen and oxygen atoms in total. The third-order valence-corrected chi connectivity index (χ3v) is 6.41. The van der Waals surface area contributed by atoms with Crippen molar-refractivity contribution in [3.63, 3.8) is 0 Å². The normalized spacial score (nSPS) is 18.3. The van der Waals surface area contributed by atoms with Crippen LogP contribution in [0.5, 0.6) is 0 Å². The molecule has 3 atom stereocenters. The van der Waals surface area contributed by atoms with Gasteiger partial charge in [0.25, 0.3) is 0 Å². The molecule has 0 aromatic carbocycles. The number of likely N-dealkylation sites (tertiary alicyclic amines) is 1. The molecular weight excluding hydrogens is 452 g/mol. The largest absolute Gasteiger partial charge is 0.480 e. The molecule has 6 N–H and O–H groups in total. The molecule has 1 aliphatic rings. The lowest BCUT2D eigenvalue weighted by atomic mass is 10.1. The van der Waals surface area contributed by atoms with Gasteiger partial charge in [0, 0.05) is 19.4 Å². The van der Waals surface area contributed by atoms with E-state index in [1.54, 1.807) is 0 Å². The van der Waals surface area contributed by atoms with Gasteiger partial charge in [0.2, 0.25) is 17.7 Å². The molecule has 3 amide bonds. The van der Waals surface area contributed by atoms with Crippen LogP contribution in [0.4, 0.5) is 0 Å². The first kappa shape index (κ1) is 30.8. The molecule has 1 saturated heterocycles. The molecule has 202 valence electrons. The lowest BCUT2D eigenvalue weighted by molar-refractivity contribution is -0.144. The maximum atomic E-state index is 12.7. The van der Waals surface area contributed by atoms with Gasteiger partial charge in [-0.15, -0.1) is 0 Å². The summed E-state index contributed by atoms with van der Waals surface area (Å²) in [5, 5.41) is 24.5. The van der Waals surface area contributed by atoms with E-state index in [9.17, 15) is 29.4 Å². The number of carbonyl (C=O) groups is 4. The zero-order valence-corrected chi connectivity index (χ0v) is 21.3. The predicted molar refractivity (Wildman–Crippen MR) is 133 cm³/mol. The Morgan fingerprint density at radius 3 is 2.20 bits per heavy atom. The smallest absolute Gasteiger partial charge is 0.326 e. The summed E-state index contributed by atoms with van der Waals surface area (Å²) in [5.74, 6) is -2.46. The zero-order valence-electron chi connectivity index (χ0n) is 21.3. The van der Waals surface area contributed by atoms with E-state index in [-0.39, 0.29) is 31.8 Å². The predicted octanol–water partition coefficient (Wildman–Crippen LogP) is 1.68. The Hall–Kier alpha value is -2.20. The van der Waals surface area contributed by atoms with Crippen molar-refractivity contribution in [1.82, 2.24) is 15.5 Å². The molecule has 0 radical (unpaired) electrons. The molecule has 0 aromatic rings. The first-order valence-electron chi connectivity index (χ1n) is 13.3. The van der Waals surface area contributed by atoms with Crippen LogP contribution in [0.1, 0.15) is 96.8 Å². The van der Waals surface area contributed by atoms with Crippen LogP contribution >= 0.6 is 0 Å². The van der Waals surface area contributed by atoms with Crippen molar-refractivity contribution in [2.24, 2.45) is 5.73 Å². The zero-order chi connectivity index (χ0) is 26.1. The van der Waals surface area contributed by atoms with Crippen molar-refractivity contribution >= 4 is 23.7 Å². The standard InChI is InChI=1S/C25H46N4O6/c1-2-3-4-5-6-7-8-9-10-14-22(31)27-17-23(32)29-18-19(30)16-21(29)24(33)28-20(25(34)35)13-11-12-15-26/h19-21,30H,2-18,26H2,1H3,(H,27,31)(H,28,33)(H,34,35)/t19?,20-,21?/m0/s1. The number of β-amino-alcohol motifs (C(OH)–C–C–N with tert-alkyl or cyclic N) is 1. The molecule has 35 heavy (non-hydrogen) atoms. The Labute approximate surface area is 209 Å². The van der Waals surface area contributed by atoms with Crippen molar-refractivity contribution in [2.45, 2.75) is 115 Å². The van der Waals surface area contributed by atoms with Gasteiger partial charge in [0.15, 0.2) is 0 Å². The fourth-order valence-corrected chi connectivity index (χ4v) is 4.32. The summed E-state index contributed by atoms with van der Waals surface area (Å²) in [4.78, 5) is 50.2. The first-order chi connectivity index (χ1) is 16.8. The van der Waals surface area contributed by atoms with E-state index in [1.807, 2.05) is 0 Å². The summed E-state index contributed by atoms with van der Waals surface area (Å²) in [5.41, 5.74) is 5.44. The number of carbonyl (C=O) groups excluding carboxylic acids is 3. The summed E-state index contributed by atoms with van der Waals surface area (Å²) >= 11 is 0. The van der Waals surface area contributed by atoms with E-state index in [0.29, 0.717) is 25.8 Å². The van der Waals surface area contributed by atoms with Crippen LogP contribution < -0.4 is 16.4 Å². The van der Waals surface area contributed by atoms with E-state index in [4.69, 9.17) is 5.73 Å². The van der Waals surface area contributed by atoms with Crippen molar-refractivity contribution < 1.29 is 29.4 Å². The third-order valence-electron chi connectivity index (χ3n) is 6.41. The summed E-state index contributed by atoms with van der Waals surface area (Å²) in [6.07, 6.45) is 11.3. The number of rotatable bonds is 19. The second kappa shape index (κ2) is 18.1. The van der Waals surface area contributed by atoms with Crippen LogP contribution in [0.3, 0.4) is 0 Å². The SMILES string of the molecule is CCCCCCCCCCCC(=O)NCC(=O)N1CC(O)CC1C(=O)N[C@@H](CCCCN)C(=O)O. The van der Waals surface area contributed by atoms with E-state index < -0.39 is 36.0 Å². The maximum Gasteiger partial charge on any atom is 0.326 e. The van der Waals surface area contributed by atoms with Crippen LogP contribution in [0, 0.1) is 0 Å². The number of amides is 3. The van der Waals surface area contributed by atoms with Crippen LogP contribution in [0.2, 0.25) is 0 Å². The minimum absolute atomic E-state index is 0.0269. The van der Waals surface area contributed by atoms with Crippen LogP contribution in [-0.2, 0) is 19.2 Å². The van der Waals surface area contributed by atoms with Gasteiger partial charge in [-0.3, -0.25) is 14.4 Å². The number of hydrogen-bond donors (Lipinski definition) is 5. The van der Waals surface area contributed by atoms with Crippen LogP contribution in [-0.4, -0.2) is 76.6 Å². The van der Waals surface area contributed by atoms with E-state index in [0.717, 1.165) is 19.3 Å². The van der Waals surface area contributed by atoms with Gasteiger partial charge in [-0.05, 0) is 32.2 Å². The Morgan fingerprint density at radius 2 is 1.60 bits per heavy atom. The number of hydrogen-bond acceptors (Lipinski definition) is 6. The van der Waals surface area contributed by atoms with Crippen LogP contribution in [0.25, 0.3) is 0 Å². The van der Waals surface area contributed by atoms with Crippen molar-refractivity contribution in [3.05, 3.63) is 0 Å². The molecule has 0 aromatic heterocycles. The molecule has 1 rings (SSSR count). The number of unbranched alkanes of at least 4 members (excludes halogenated alkanes) is 9. The van der Waals surface area contributed by atoms with Crippen LogP contribution in [0.15, 0.2) is 0 Å². The Kier molecular flexibility index (Phi) is 16.0. The quantitative estimate of drug-likeness (QED) is 0.169. The summed E-state index contributed by atoms with van der Waals surface area (Å²) in [6.45, 7) is 2.34. The molecule has 0 bridgehead atoms. The Bertz CT molecular complexity index is 660. The highest BCUT2D eigenvalue weighted by molar-refractivity contribution is 5.92. The Morgan fingerprint density at radius 1 is 0.971 bits per heavy atom. The van der Waals surface area contributed by atoms with E-state index in [1.165, 1.54) is 43.4 Å². The average Bonchev–Trinajstić information content (AvgIpc) is 3.22. The summed E-state index contributed by atoms with van der Waals surface area (Å²) < 4.78 is 0. The van der Waals surface area contributed by atoms with Gasteiger partial charge in [0.1, 0.15) is 12.1 Å². The number of aliphatic hydroxyl groups is 1. The molecule has 0 spiro atoms. The number of aliphatic carboxylic acids is 1. The fraction of sp³-hybridized carbons (Fsp3) is 0.840. The second-order valence-corrected chi connectivity index (χ2v) is 9.49. The number of aliphatic hydroxyl groups excluding tert-OH is 1. The first-order valence-corrected chi connectivity index (χ1v) is 13.3. The lowest BCUT2D eigenvalue weighted by Gasteiger charge is -2.25. The second-order valence-electron chi connectivity index (χ2n) is 9.49. The topological polar surface area (TPSA) is 162 Å². The highest BCUT2D eigenvalue weighted by Gasteiger charge is 2.39. The third kappa shape index (κ3) is 12.9. The van der Waals surface area contributed by atoms with Gasteiger partial charge in [-0.2, -0.15) is 0 Å². The molecule has 0 saturated carbocycles. The summed E-state index contributed by atoms with van der Waals surface area (Å²) in [6, 6.07) is -2.05. The summed E-state index contributed by atoms with van der Waals surface area (Å²) in [7, 11) is 0. The van der Waals surface area contributed by atoms with E-state index in [2.05, 4.69) is 17.6 Å². The maximum absolute atomic E-state index is 12.7. The van der Waals surface area contributed by atoms with Gasteiger partial charge in [-0.25, -0.2) is 4.79 Å². The van der Waals surface area contributed by atoms with Gasteiger partial charge in [0.05, 0.1) is 12.6 Å². The fourth-order valence-electron chi connectivity index (χ4n) is 4.32. The highest BCUT2D eigenvalue weighted by Crippen LogP contribution is 2.19. The lowest BCUT2D eigenvalue weighted by Crippen LogP contribution is -2.52. The number of carboxylic acids is 1. The molecule has 10 heteroatoms. The van der Waals surface area contributed by atoms with Gasteiger partial charge >= 0.3 is 5.97 Å². The van der Waals surface area contributed by atoms with Gasteiger partial charge < -0.3 is 31.5 Å². The van der Waals surface area contributed by atoms with Crippen molar-refractivity contribution in [2.75, 3.05) is 19.6 Å². The molecule has 2 unspecified atom stereocenters. The minimum Gasteiger partial charge on any atom is -0.480 e.